The highest BCUT2D eigenvalue weighted by Crippen LogP contribution is 2.17. The van der Waals surface area contributed by atoms with Gasteiger partial charge >= 0.3 is 0 Å². The Hall–Kier alpha value is -1.37. The van der Waals surface area contributed by atoms with Gasteiger partial charge in [0.15, 0.2) is 0 Å². The second-order valence-electron chi connectivity index (χ2n) is 2.76. The Morgan fingerprint density at radius 1 is 1.08 bits per heavy atom. The minimum atomic E-state index is -0.400. The van der Waals surface area contributed by atoms with Gasteiger partial charge in [0.05, 0.1) is 0 Å². The zero-order valence-electron chi connectivity index (χ0n) is 7.10. The Morgan fingerprint density at radius 2 is 1.50 bits per heavy atom. The highest BCUT2D eigenvalue weighted by Gasteiger charge is 1.96. The van der Waals surface area contributed by atoms with E-state index in [1.807, 2.05) is 19.1 Å². The smallest absolute Gasteiger partial charge is 0.123 e. The summed E-state index contributed by atoms with van der Waals surface area (Å²) in [5.74, 6) is -0.400. The van der Waals surface area contributed by atoms with E-state index in [9.17, 15) is 4.39 Å². The summed E-state index contributed by atoms with van der Waals surface area (Å²) in [5, 5.41) is 0. The standard InChI is InChI=1S/C11H11F/c1-8(2)10-4-6-11(7-5-10)9(3)12/h4-7H,1,3H2,2H3. The van der Waals surface area contributed by atoms with E-state index in [4.69, 9.17) is 0 Å². The van der Waals surface area contributed by atoms with Gasteiger partial charge in [-0.25, -0.2) is 4.39 Å². The van der Waals surface area contributed by atoms with Crippen LogP contribution in [-0.4, -0.2) is 0 Å². The van der Waals surface area contributed by atoms with E-state index in [1.54, 1.807) is 12.1 Å². The summed E-state index contributed by atoms with van der Waals surface area (Å²) in [4.78, 5) is 0. The Morgan fingerprint density at radius 3 is 1.83 bits per heavy atom. The summed E-state index contributed by atoms with van der Waals surface area (Å²) in [6.45, 7) is 8.91. The molecule has 0 aliphatic carbocycles. The lowest BCUT2D eigenvalue weighted by Crippen LogP contribution is -1.79. The third kappa shape index (κ3) is 1.82. The summed E-state index contributed by atoms with van der Waals surface area (Å²) >= 11 is 0. The average Bonchev–Trinajstić information content (AvgIpc) is 2.04. The number of allylic oxidation sites excluding steroid dienone is 1. The molecule has 0 saturated heterocycles. The molecular weight excluding hydrogens is 151 g/mol. The molecule has 0 spiro atoms. The second-order valence-corrected chi connectivity index (χ2v) is 2.76. The minimum Gasteiger partial charge on any atom is -0.207 e. The monoisotopic (exact) mass is 162 g/mol. The van der Waals surface area contributed by atoms with Crippen molar-refractivity contribution >= 4 is 11.4 Å². The van der Waals surface area contributed by atoms with Crippen molar-refractivity contribution in [3.05, 3.63) is 48.6 Å². The molecule has 0 aromatic heterocycles. The molecule has 0 radical (unpaired) electrons. The third-order valence-corrected chi connectivity index (χ3v) is 1.69. The predicted octanol–water partition coefficient (Wildman–Crippen LogP) is 3.66. The lowest BCUT2D eigenvalue weighted by molar-refractivity contribution is 0.763. The lowest BCUT2D eigenvalue weighted by atomic mass is 10.1. The Balaban J connectivity index is 3.01. The molecule has 12 heavy (non-hydrogen) atoms. The number of rotatable bonds is 2. The maximum Gasteiger partial charge on any atom is 0.123 e. The van der Waals surface area contributed by atoms with Crippen LogP contribution in [0.5, 0.6) is 0 Å². The van der Waals surface area contributed by atoms with Crippen molar-refractivity contribution in [2.75, 3.05) is 0 Å². The molecule has 1 aromatic rings. The minimum absolute atomic E-state index is 0.400. The van der Waals surface area contributed by atoms with E-state index in [2.05, 4.69) is 13.2 Å². The van der Waals surface area contributed by atoms with E-state index in [0.29, 0.717) is 5.56 Å². The first kappa shape index (κ1) is 8.72. The van der Waals surface area contributed by atoms with E-state index in [0.717, 1.165) is 11.1 Å². The summed E-state index contributed by atoms with van der Waals surface area (Å²) in [6.07, 6.45) is 0. The van der Waals surface area contributed by atoms with E-state index in [1.165, 1.54) is 0 Å². The van der Waals surface area contributed by atoms with Gasteiger partial charge in [0.25, 0.3) is 0 Å². The molecule has 0 aliphatic rings. The van der Waals surface area contributed by atoms with Crippen molar-refractivity contribution in [1.82, 2.24) is 0 Å². The molecule has 0 fully saturated rings. The zero-order chi connectivity index (χ0) is 9.14. The Labute approximate surface area is 72.0 Å². The number of hydrogen-bond donors (Lipinski definition) is 0. The molecule has 0 amide bonds. The molecule has 1 aromatic carbocycles. The van der Waals surface area contributed by atoms with Crippen LogP contribution < -0.4 is 0 Å². The number of benzene rings is 1. The topological polar surface area (TPSA) is 0 Å². The molecule has 0 nitrogen and oxygen atoms in total. The maximum atomic E-state index is 12.5. The Bertz CT molecular complexity index is 273. The van der Waals surface area contributed by atoms with Crippen LogP contribution in [0, 0.1) is 0 Å². The van der Waals surface area contributed by atoms with Crippen molar-refractivity contribution in [1.29, 1.82) is 0 Å². The van der Waals surface area contributed by atoms with Crippen molar-refractivity contribution in [3.8, 4) is 0 Å². The SMILES string of the molecule is C=C(C)c1ccc(C(=C)F)cc1. The number of halogens is 1. The van der Waals surface area contributed by atoms with Crippen LogP contribution in [0.15, 0.2) is 37.4 Å². The van der Waals surface area contributed by atoms with Crippen LogP contribution in [0.1, 0.15) is 18.1 Å². The highest BCUT2D eigenvalue weighted by atomic mass is 19.1. The van der Waals surface area contributed by atoms with Crippen LogP contribution in [0.2, 0.25) is 0 Å². The summed E-state index contributed by atoms with van der Waals surface area (Å²) in [7, 11) is 0. The third-order valence-electron chi connectivity index (χ3n) is 1.69. The van der Waals surface area contributed by atoms with Crippen LogP contribution in [0.3, 0.4) is 0 Å². The zero-order valence-corrected chi connectivity index (χ0v) is 7.10. The van der Waals surface area contributed by atoms with Crippen molar-refractivity contribution in [3.63, 3.8) is 0 Å². The first-order chi connectivity index (χ1) is 5.61. The molecule has 0 aliphatic heterocycles. The molecule has 0 heterocycles. The fourth-order valence-electron chi connectivity index (χ4n) is 0.936. The quantitative estimate of drug-likeness (QED) is 0.622. The van der Waals surface area contributed by atoms with Gasteiger partial charge in [-0.2, -0.15) is 0 Å². The van der Waals surface area contributed by atoms with Crippen molar-refractivity contribution in [2.45, 2.75) is 6.92 Å². The maximum absolute atomic E-state index is 12.5. The van der Waals surface area contributed by atoms with Crippen LogP contribution in [-0.2, 0) is 0 Å². The van der Waals surface area contributed by atoms with E-state index >= 15 is 0 Å². The molecule has 0 N–H and O–H groups in total. The average molecular weight is 162 g/mol. The molecule has 1 rings (SSSR count). The van der Waals surface area contributed by atoms with Crippen LogP contribution in [0.25, 0.3) is 11.4 Å². The van der Waals surface area contributed by atoms with Gasteiger partial charge in [0.2, 0.25) is 0 Å². The lowest BCUT2D eigenvalue weighted by Gasteiger charge is -2.00. The molecule has 62 valence electrons. The van der Waals surface area contributed by atoms with E-state index < -0.39 is 5.83 Å². The molecule has 1 heteroatoms. The summed E-state index contributed by atoms with van der Waals surface area (Å²) < 4.78 is 12.5. The summed E-state index contributed by atoms with van der Waals surface area (Å²) in [6, 6.07) is 7.07. The van der Waals surface area contributed by atoms with Gasteiger partial charge in [-0.05, 0) is 12.5 Å². The van der Waals surface area contributed by atoms with Gasteiger partial charge in [-0.15, -0.1) is 0 Å². The molecule has 0 unspecified atom stereocenters. The largest absolute Gasteiger partial charge is 0.207 e. The first-order valence-electron chi connectivity index (χ1n) is 3.72. The number of hydrogen-bond acceptors (Lipinski definition) is 0. The first-order valence-corrected chi connectivity index (χ1v) is 3.72. The molecule has 0 bridgehead atoms. The second kappa shape index (κ2) is 3.35. The van der Waals surface area contributed by atoms with Gasteiger partial charge in [0.1, 0.15) is 5.83 Å². The summed E-state index contributed by atoms with van der Waals surface area (Å²) in [5.41, 5.74) is 2.53. The molecule has 0 saturated carbocycles. The van der Waals surface area contributed by atoms with Crippen molar-refractivity contribution < 1.29 is 4.39 Å². The molecule has 0 atom stereocenters. The van der Waals surface area contributed by atoms with Crippen molar-refractivity contribution in [2.24, 2.45) is 0 Å². The van der Waals surface area contributed by atoms with Crippen LogP contribution in [0.4, 0.5) is 4.39 Å². The predicted molar refractivity (Wildman–Crippen MR) is 51.3 cm³/mol. The normalized spacial score (nSPS) is 9.50. The van der Waals surface area contributed by atoms with Gasteiger partial charge < -0.3 is 0 Å². The highest BCUT2D eigenvalue weighted by molar-refractivity contribution is 5.64. The fraction of sp³-hybridized carbons (Fsp3) is 0.0909. The molecular formula is C11H11F. The Kier molecular flexibility index (Phi) is 2.44. The van der Waals surface area contributed by atoms with E-state index in [-0.39, 0.29) is 0 Å². The van der Waals surface area contributed by atoms with Crippen LogP contribution >= 0.6 is 0 Å². The van der Waals surface area contributed by atoms with Gasteiger partial charge in [-0.3, -0.25) is 0 Å². The fourth-order valence-corrected chi connectivity index (χ4v) is 0.936. The van der Waals surface area contributed by atoms with Gasteiger partial charge in [-0.1, -0.05) is 43.0 Å². The van der Waals surface area contributed by atoms with Gasteiger partial charge in [0, 0.05) is 5.56 Å².